The van der Waals surface area contributed by atoms with Crippen LogP contribution in [0.3, 0.4) is 0 Å². The molecule has 18 heavy (non-hydrogen) atoms. The van der Waals surface area contributed by atoms with Crippen molar-refractivity contribution in [2.45, 2.75) is 26.4 Å². The van der Waals surface area contributed by atoms with Gasteiger partial charge >= 0.3 is 0 Å². The predicted octanol–water partition coefficient (Wildman–Crippen LogP) is 3.68. The lowest BCUT2D eigenvalue weighted by Gasteiger charge is -2.15. The van der Waals surface area contributed by atoms with Crippen molar-refractivity contribution in [2.75, 3.05) is 0 Å². The number of benzene rings is 1. The summed E-state index contributed by atoms with van der Waals surface area (Å²) in [4.78, 5) is 0. The third-order valence-electron chi connectivity index (χ3n) is 2.98. The summed E-state index contributed by atoms with van der Waals surface area (Å²) in [5.74, 6) is 0. The fourth-order valence-electron chi connectivity index (χ4n) is 1.89. The molecule has 0 aliphatic carbocycles. The van der Waals surface area contributed by atoms with E-state index in [1.54, 1.807) is 6.20 Å². The van der Waals surface area contributed by atoms with Crippen LogP contribution in [0.1, 0.15) is 29.8 Å². The van der Waals surface area contributed by atoms with Crippen LogP contribution in [0.15, 0.2) is 28.9 Å². The zero-order chi connectivity index (χ0) is 13.3. The van der Waals surface area contributed by atoms with Crippen LogP contribution in [0.25, 0.3) is 0 Å². The van der Waals surface area contributed by atoms with Gasteiger partial charge in [0.15, 0.2) is 0 Å². The molecule has 0 saturated carbocycles. The normalized spacial score (nSPS) is 12.7. The largest absolute Gasteiger partial charge is 0.319 e. The Morgan fingerprint density at radius 2 is 2.22 bits per heavy atom. The Kier molecular flexibility index (Phi) is 4.10. The zero-order valence-electron chi connectivity index (χ0n) is 10.3. The van der Waals surface area contributed by atoms with Gasteiger partial charge in [0.25, 0.3) is 0 Å². The molecule has 1 aromatic heterocycles. The second-order valence-corrected chi connectivity index (χ2v) is 5.44. The molecule has 1 unspecified atom stereocenters. The Morgan fingerprint density at radius 1 is 1.50 bits per heavy atom. The van der Waals surface area contributed by atoms with Crippen LogP contribution in [0.2, 0.25) is 5.02 Å². The minimum absolute atomic E-state index is 0.267. The molecule has 0 bridgehead atoms. The monoisotopic (exact) mass is 327 g/mol. The van der Waals surface area contributed by atoms with E-state index in [4.69, 9.17) is 17.3 Å². The Bertz CT molecular complexity index is 565. The smallest absolute Gasteiger partial charge is 0.0837 e. The number of hydrogen-bond donors (Lipinski definition) is 1. The molecule has 1 atom stereocenters. The van der Waals surface area contributed by atoms with Gasteiger partial charge in [-0.15, -0.1) is 0 Å². The van der Waals surface area contributed by atoms with Gasteiger partial charge in [-0.05, 0) is 31.0 Å². The highest BCUT2D eigenvalue weighted by molar-refractivity contribution is 9.10. The van der Waals surface area contributed by atoms with E-state index in [9.17, 15) is 0 Å². The summed E-state index contributed by atoms with van der Waals surface area (Å²) in [6.07, 6.45) is 1.64. The fourth-order valence-corrected chi connectivity index (χ4v) is 2.55. The van der Waals surface area contributed by atoms with Crippen LogP contribution in [0.4, 0.5) is 0 Å². The molecule has 0 amide bonds. The van der Waals surface area contributed by atoms with Gasteiger partial charge in [-0.3, -0.25) is 4.68 Å². The van der Waals surface area contributed by atoms with Crippen molar-refractivity contribution in [1.82, 2.24) is 9.78 Å². The average molecular weight is 329 g/mol. The molecule has 1 aromatic carbocycles. The van der Waals surface area contributed by atoms with Crippen molar-refractivity contribution < 1.29 is 0 Å². The van der Waals surface area contributed by atoms with E-state index in [1.807, 2.05) is 36.7 Å². The van der Waals surface area contributed by atoms with Gasteiger partial charge in [0.1, 0.15) is 0 Å². The minimum atomic E-state index is -0.267. The highest BCUT2D eigenvalue weighted by Crippen LogP contribution is 2.28. The molecule has 0 fully saturated rings. The van der Waals surface area contributed by atoms with Crippen LogP contribution in [0.5, 0.6) is 0 Å². The Labute approximate surface area is 120 Å². The van der Waals surface area contributed by atoms with Crippen molar-refractivity contribution in [3.63, 3.8) is 0 Å². The van der Waals surface area contributed by atoms with Crippen LogP contribution < -0.4 is 5.73 Å². The van der Waals surface area contributed by atoms with E-state index < -0.39 is 0 Å². The maximum Gasteiger partial charge on any atom is 0.0837 e. The molecular weight excluding hydrogens is 314 g/mol. The van der Waals surface area contributed by atoms with E-state index in [0.717, 1.165) is 22.3 Å². The number of halogens is 2. The Hall–Kier alpha value is -0.840. The van der Waals surface area contributed by atoms with Gasteiger partial charge in [-0.1, -0.05) is 39.7 Å². The maximum atomic E-state index is 6.29. The SMILES string of the molecule is CCn1ncc(Cl)c1C(N)c1ccc(C)c(Br)c1. The molecular formula is C13H15BrClN3. The van der Waals surface area contributed by atoms with Crippen LogP contribution in [0, 0.1) is 6.92 Å². The van der Waals surface area contributed by atoms with Gasteiger partial charge in [0.05, 0.1) is 23.0 Å². The van der Waals surface area contributed by atoms with E-state index in [2.05, 4.69) is 21.0 Å². The average Bonchev–Trinajstić information content (AvgIpc) is 2.73. The van der Waals surface area contributed by atoms with Crippen molar-refractivity contribution >= 4 is 27.5 Å². The molecule has 96 valence electrons. The van der Waals surface area contributed by atoms with Gasteiger partial charge in [0.2, 0.25) is 0 Å². The van der Waals surface area contributed by atoms with Crippen molar-refractivity contribution in [2.24, 2.45) is 5.73 Å². The van der Waals surface area contributed by atoms with Crippen molar-refractivity contribution in [1.29, 1.82) is 0 Å². The molecule has 2 N–H and O–H groups in total. The first-order chi connectivity index (χ1) is 8.54. The maximum absolute atomic E-state index is 6.29. The molecule has 0 aliphatic heterocycles. The number of aryl methyl sites for hydroxylation is 2. The first kappa shape index (κ1) is 13.6. The van der Waals surface area contributed by atoms with Crippen molar-refractivity contribution in [3.05, 3.63) is 50.7 Å². The first-order valence-corrected chi connectivity index (χ1v) is 6.94. The summed E-state index contributed by atoms with van der Waals surface area (Å²) < 4.78 is 2.88. The summed E-state index contributed by atoms with van der Waals surface area (Å²) in [5.41, 5.74) is 9.35. The number of nitrogens with two attached hydrogens (primary N) is 1. The predicted molar refractivity (Wildman–Crippen MR) is 77.8 cm³/mol. The molecule has 0 saturated heterocycles. The minimum Gasteiger partial charge on any atom is -0.319 e. The lowest BCUT2D eigenvalue weighted by molar-refractivity contribution is 0.601. The van der Waals surface area contributed by atoms with Crippen LogP contribution in [-0.2, 0) is 6.54 Å². The fraction of sp³-hybridized carbons (Fsp3) is 0.308. The van der Waals surface area contributed by atoms with E-state index in [1.165, 1.54) is 5.56 Å². The van der Waals surface area contributed by atoms with Crippen LogP contribution in [-0.4, -0.2) is 9.78 Å². The number of aromatic nitrogens is 2. The standard InChI is InChI=1S/C13H15BrClN3/c1-3-18-13(11(15)7-17-18)12(16)9-5-4-8(2)10(14)6-9/h4-7,12H,3,16H2,1-2H3. The lowest BCUT2D eigenvalue weighted by atomic mass is 10.0. The van der Waals surface area contributed by atoms with Gasteiger partial charge in [0, 0.05) is 11.0 Å². The Balaban J connectivity index is 2.44. The van der Waals surface area contributed by atoms with Gasteiger partial charge < -0.3 is 5.73 Å². The summed E-state index contributed by atoms with van der Waals surface area (Å²) in [7, 11) is 0. The van der Waals surface area contributed by atoms with E-state index >= 15 is 0 Å². The molecule has 1 heterocycles. The van der Waals surface area contributed by atoms with Gasteiger partial charge in [-0.2, -0.15) is 5.10 Å². The third kappa shape index (κ3) is 2.46. The number of nitrogens with zero attached hydrogens (tertiary/aromatic N) is 2. The summed E-state index contributed by atoms with van der Waals surface area (Å²) in [6, 6.07) is 5.83. The zero-order valence-corrected chi connectivity index (χ0v) is 12.7. The van der Waals surface area contributed by atoms with Gasteiger partial charge in [-0.25, -0.2) is 0 Å². The molecule has 3 nitrogen and oxygen atoms in total. The second kappa shape index (κ2) is 5.43. The van der Waals surface area contributed by atoms with Crippen molar-refractivity contribution in [3.8, 4) is 0 Å². The lowest BCUT2D eigenvalue weighted by Crippen LogP contribution is -2.17. The molecule has 2 aromatic rings. The molecule has 0 aliphatic rings. The quantitative estimate of drug-likeness (QED) is 0.934. The highest BCUT2D eigenvalue weighted by atomic mass is 79.9. The second-order valence-electron chi connectivity index (χ2n) is 4.18. The molecule has 5 heteroatoms. The number of rotatable bonds is 3. The topological polar surface area (TPSA) is 43.8 Å². The summed E-state index contributed by atoms with van der Waals surface area (Å²) in [5, 5.41) is 4.83. The summed E-state index contributed by atoms with van der Waals surface area (Å²) >= 11 is 9.69. The van der Waals surface area contributed by atoms with E-state index in [-0.39, 0.29) is 6.04 Å². The molecule has 0 spiro atoms. The summed E-state index contributed by atoms with van der Waals surface area (Å²) in [6.45, 7) is 4.82. The van der Waals surface area contributed by atoms with E-state index in [0.29, 0.717) is 5.02 Å². The number of hydrogen-bond acceptors (Lipinski definition) is 2. The Morgan fingerprint density at radius 3 is 2.83 bits per heavy atom. The first-order valence-electron chi connectivity index (χ1n) is 5.77. The van der Waals surface area contributed by atoms with Crippen LogP contribution >= 0.6 is 27.5 Å². The highest BCUT2D eigenvalue weighted by Gasteiger charge is 2.18. The molecule has 2 rings (SSSR count). The third-order valence-corrected chi connectivity index (χ3v) is 4.13. The molecule has 0 radical (unpaired) electrons.